The van der Waals surface area contributed by atoms with Crippen molar-refractivity contribution in [1.82, 2.24) is 4.98 Å². The lowest BCUT2D eigenvalue weighted by atomic mass is 9.75. The van der Waals surface area contributed by atoms with Gasteiger partial charge in [-0.3, -0.25) is 0 Å². The van der Waals surface area contributed by atoms with E-state index in [1.807, 2.05) is 24.4 Å². The first-order valence-electron chi connectivity index (χ1n) is 5.01. The second-order valence-electron chi connectivity index (χ2n) is 3.91. The number of aromatic nitrogens is 1. The van der Waals surface area contributed by atoms with E-state index in [0.717, 1.165) is 24.2 Å². The molecule has 1 aliphatic carbocycles. The van der Waals surface area contributed by atoms with Crippen molar-refractivity contribution in [3.63, 3.8) is 0 Å². The maximum Gasteiger partial charge on any atom is 0.125 e. The second-order valence-corrected chi connectivity index (χ2v) is 3.91. The van der Waals surface area contributed by atoms with Crippen LogP contribution in [0.1, 0.15) is 19.8 Å². The molecule has 1 N–H and O–H groups in total. The van der Waals surface area contributed by atoms with E-state index >= 15 is 0 Å². The molecule has 0 aliphatic heterocycles. The Bertz CT molecular complexity index is 258. The fraction of sp³-hybridized carbons (Fsp3) is 0.545. The number of hydrogen-bond acceptors (Lipinski definition) is 2. The number of pyridine rings is 1. The third-order valence-corrected chi connectivity index (χ3v) is 3.01. The van der Waals surface area contributed by atoms with Gasteiger partial charge in [0.05, 0.1) is 0 Å². The molecule has 2 atom stereocenters. The topological polar surface area (TPSA) is 24.9 Å². The summed E-state index contributed by atoms with van der Waals surface area (Å²) < 4.78 is 0. The van der Waals surface area contributed by atoms with Gasteiger partial charge >= 0.3 is 0 Å². The molecule has 2 nitrogen and oxygen atoms in total. The van der Waals surface area contributed by atoms with Gasteiger partial charge in [-0.25, -0.2) is 4.98 Å². The van der Waals surface area contributed by atoms with Crippen LogP contribution in [0.2, 0.25) is 0 Å². The van der Waals surface area contributed by atoms with Gasteiger partial charge in [0.15, 0.2) is 0 Å². The molecule has 0 bridgehead atoms. The van der Waals surface area contributed by atoms with E-state index in [4.69, 9.17) is 0 Å². The van der Waals surface area contributed by atoms with Gasteiger partial charge in [-0.1, -0.05) is 19.4 Å². The molecule has 2 rings (SSSR count). The molecule has 1 aromatic heterocycles. The van der Waals surface area contributed by atoms with Gasteiger partial charge in [-0.05, 0) is 30.4 Å². The van der Waals surface area contributed by atoms with Crippen molar-refractivity contribution in [2.45, 2.75) is 19.8 Å². The molecule has 0 radical (unpaired) electrons. The highest BCUT2D eigenvalue weighted by atomic mass is 15.0. The van der Waals surface area contributed by atoms with Gasteiger partial charge in [-0.2, -0.15) is 0 Å². The van der Waals surface area contributed by atoms with E-state index in [0.29, 0.717) is 0 Å². The van der Waals surface area contributed by atoms with Crippen LogP contribution in [0, 0.1) is 11.8 Å². The van der Waals surface area contributed by atoms with Gasteiger partial charge in [0.2, 0.25) is 0 Å². The molecular weight excluding hydrogens is 160 g/mol. The normalized spacial score (nSPS) is 26.5. The fourth-order valence-corrected chi connectivity index (χ4v) is 1.74. The lowest BCUT2D eigenvalue weighted by molar-refractivity contribution is 0.210. The molecule has 1 fully saturated rings. The first-order chi connectivity index (χ1) is 6.36. The van der Waals surface area contributed by atoms with Crippen molar-refractivity contribution >= 4 is 5.82 Å². The SMILES string of the molecule is C[C@H]1CC[C@H]1CNc1ccccn1. The second kappa shape index (κ2) is 3.77. The lowest BCUT2D eigenvalue weighted by Gasteiger charge is -2.33. The largest absolute Gasteiger partial charge is 0.370 e. The molecule has 1 aromatic rings. The standard InChI is InChI=1S/C11H16N2/c1-9-5-6-10(9)8-13-11-4-2-3-7-12-11/h2-4,7,9-10H,5-6,8H2,1H3,(H,12,13)/t9-,10-/m0/s1. The van der Waals surface area contributed by atoms with Crippen LogP contribution in [-0.4, -0.2) is 11.5 Å². The van der Waals surface area contributed by atoms with Crippen molar-refractivity contribution < 1.29 is 0 Å². The molecule has 0 unspecified atom stereocenters. The zero-order valence-electron chi connectivity index (χ0n) is 8.03. The zero-order chi connectivity index (χ0) is 9.10. The van der Waals surface area contributed by atoms with E-state index in [-0.39, 0.29) is 0 Å². The fourth-order valence-electron chi connectivity index (χ4n) is 1.74. The first-order valence-corrected chi connectivity index (χ1v) is 5.01. The Hall–Kier alpha value is -1.05. The van der Waals surface area contributed by atoms with Crippen molar-refractivity contribution in [1.29, 1.82) is 0 Å². The molecule has 2 heteroatoms. The molecule has 0 amide bonds. The van der Waals surface area contributed by atoms with Crippen LogP contribution in [0.15, 0.2) is 24.4 Å². The molecule has 13 heavy (non-hydrogen) atoms. The molecule has 1 heterocycles. The summed E-state index contributed by atoms with van der Waals surface area (Å²) in [5.74, 6) is 2.76. The monoisotopic (exact) mass is 176 g/mol. The highest BCUT2D eigenvalue weighted by Gasteiger charge is 2.25. The van der Waals surface area contributed by atoms with Crippen molar-refractivity contribution in [3.8, 4) is 0 Å². The van der Waals surface area contributed by atoms with E-state index < -0.39 is 0 Å². The molecule has 1 aliphatic rings. The van der Waals surface area contributed by atoms with Crippen LogP contribution in [-0.2, 0) is 0 Å². The summed E-state index contributed by atoms with van der Waals surface area (Å²) in [7, 11) is 0. The third kappa shape index (κ3) is 2.00. The van der Waals surface area contributed by atoms with Crippen molar-refractivity contribution in [2.24, 2.45) is 11.8 Å². The number of anilines is 1. The Morgan fingerprint density at radius 2 is 2.38 bits per heavy atom. The average molecular weight is 176 g/mol. The Morgan fingerprint density at radius 1 is 1.46 bits per heavy atom. The highest BCUT2D eigenvalue weighted by Crippen LogP contribution is 2.33. The number of nitrogens with zero attached hydrogens (tertiary/aromatic N) is 1. The number of nitrogens with one attached hydrogen (secondary N) is 1. The summed E-state index contributed by atoms with van der Waals surface area (Å²) in [6.45, 7) is 3.41. The first kappa shape index (κ1) is 8.54. The maximum absolute atomic E-state index is 4.22. The minimum atomic E-state index is 0.863. The molecule has 70 valence electrons. The maximum atomic E-state index is 4.22. The summed E-state index contributed by atoms with van der Waals surface area (Å²) in [5.41, 5.74) is 0. The van der Waals surface area contributed by atoms with Crippen LogP contribution in [0.5, 0.6) is 0 Å². The van der Waals surface area contributed by atoms with E-state index in [1.165, 1.54) is 12.8 Å². The Labute approximate surface area is 79.4 Å². The van der Waals surface area contributed by atoms with Gasteiger partial charge in [0, 0.05) is 12.7 Å². The third-order valence-electron chi connectivity index (χ3n) is 3.01. The summed E-state index contributed by atoms with van der Waals surface area (Å²) in [6.07, 6.45) is 4.60. The summed E-state index contributed by atoms with van der Waals surface area (Å²) in [5, 5.41) is 3.37. The Kier molecular flexibility index (Phi) is 2.48. The molecule has 0 spiro atoms. The van der Waals surface area contributed by atoms with Gasteiger partial charge < -0.3 is 5.32 Å². The Morgan fingerprint density at radius 3 is 2.92 bits per heavy atom. The van der Waals surface area contributed by atoms with Crippen LogP contribution in [0.4, 0.5) is 5.82 Å². The van der Waals surface area contributed by atoms with E-state index in [2.05, 4.69) is 17.2 Å². The summed E-state index contributed by atoms with van der Waals surface area (Å²) >= 11 is 0. The van der Waals surface area contributed by atoms with E-state index in [1.54, 1.807) is 0 Å². The predicted molar refractivity (Wildman–Crippen MR) is 54.6 cm³/mol. The van der Waals surface area contributed by atoms with Crippen molar-refractivity contribution in [3.05, 3.63) is 24.4 Å². The lowest BCUT2D eigenvalue weighted by Crippen LogP contribution is -2.29. The molecule has 0 saturated heterocycles. The Balaban J connectivity index is 1.80. The number of hydrogen-bond donors (Lipinski definition) is 1. The smallest absolute Gasteiger partial charge is 0.125 e. The number of rotatable bonds is 3. The van der Waals surface area contributed by atoms with Gasteiger partial charge in [0.1, 0.15) is 5.82 Å². The predicted octanol–water partition coefficient (Wildman–Crippen LogP) is 2.54. The summed E-state index contributed by atoms with van der Waals surface area (Å²) in [6, 6.07) is 5.97. The van der Waals surface area contributed by atoms with Crippen LogP contribution < -0.4 is 5.32 Å². The highest BCUT2D eigenvalue weighted by molar-refractivity contribution is 5.33. The van der Waals surface area contributed by atoms with Crippen molar-refractivity contribution in [2.75, 3.05) is 11.9 Å². The van der Waals surface area contributed by atoms with Crippen LogP contribution in [0.3, 0.4) is 0 Å². The molecule has 1 saturated carbocycles. The van der Waals surface area contributed by atoms with Gasteiger partial charge in [-0.15, -0.1) is 0 Å². The molecular formula is C11H16N2. The minimum Gasteiger partial charge on any atom is -0.370 e. The van der Waals surface area contributed by atoms with Crippen LogP contribution in [0.25, 0.3) is 0 Å². The van der Waals surface area contributed by atoms with Gasteiger partial charge in [0.25, 0.3) is 0 Å². The summed E-state index contributed by atoms with van der Waals surface area (Å²) in [4.78, 5) is 4.22. The molecule has 0 aromatic carbocycles. The van der Waals surface area contributed by atoms with E-state index in [9.17, 15) is 0 Å². The quantitative estimate of drug-likeness (QED) is 0.765. The van der Waals surface area contributed by atoms with Crippen LogP contribution >= 0.6 is 0 Å². The zero-order valence-corrected chi connectivity index (χ0v) is 8.03. The average Bonchev–Trinajstić information content (AvgIpc) is 2.17. The minimum absolute atomic E-state index is 0.863.